The number of carbonyl (C=O) groups excluding carboxylic acids is 1. The normalized spacial score (nSPS) is 19.2. The van der Waals surface area contributed by atoms with Crippen LogP contribution in [-0.2, 0) is 6.54 Å². The number of nitrogens with zero attached hydrogens (tertiary/aromatic N) is 1. The molecule has 0 bridgehead atoms. The molecule has 130 valence electrons. The van der Waals surface area contributed by atoms with E-state index in [9.17, 15) is 9.90 Å². The molecule has 1 atom stereocenters. The minimum atomic E-state index is -0.238. The molecule has 2 aliphatic heterocycles. The van der Waals surface area contributed by atoms with Crippen molar-refractivity contribution in [3.8, 4) is 11.5 Å². The fourth-order valence-corrected chi connectivity index (χ4v) is 3.20. The average molecular weight is 340 g/mol. The topological polar surface area (TPSA) is 71.0 Å². The van der Waals surface area contributed by atoms with Gasteiger partial charge in [-0.05, 0) is 36.2 Å². The van der Waals surface area contributed by atoms with E-state index in [4.69, 9.17) is 9.47 Å². The lowest BCUT2D eigenvalue weighted by molar-refractivity contribution is 0.102. The van der Waals surface area contributed by atoms with Gasteiger partial charge in [0.05, 0.1) is 6.10 Å². The molecular formula is C19H20N2O4. The smallest absolute Gasteiger partial charge is 0.255 e. The van der Waals surface area contributed by atoms with Gasteiger partial charge in [-0.2, -0.15) is 0 Å². The third kappa shape index (κ3) is 3.60. The van der Waals surface area contributed by atoms with Crippen molar-refractivity contribution in [2.45, 2.75) is 19.1 Å². The minimum absolute atomic E-state index is 0.165. The molecule has 0 radical (unpaired) electrons. The summed E-state index contributed by atoms with van der Waals surface area (Å²) in [7, 11) is 0. The zero-order valence-electron chi connectivity index (χ0n) is 13.8. The number of anilines is 1. The van der Waals surface area contributed by atoms with Gasteiger partial charge in [-0.25, -0.2) is 0 Å². The largest absolute Gasteiger partial charge is 0.454 e. The predicted octanol–water partition coefficient (Wildman–Crippen LogP) is 2.23. The molecule has 25 heavy (non-hydrogen) atoms. The summed E-state index contributed by atoms with van der Waals surface area (Å²) < 4.78 is 10.6. The number of amides is 1. The Morgan fingerprint density at radius 2 is 2.08 bits per heavy atom. The standard InChI is InChI=1S/C19H20N2O4/c22-16-6-7-21(11-16)10-13-2-1-3-14(8-13)19(23)20-15-4-5-17-18(9-15)25-12-24-17/h1-5,8-9,16,22H,6-7,10-12H2,(H,20,23)/t16-/m0/s1. The second kappa shape index (κ2) is 6.74. The van der Waals surface area contributed by atoms with Crippen LogP contribution in [0.4, 0.5) is 5.69 Å². The summed E-state index contributed by atoms with van der Waals surface area (Å²) in [5, 5.41) is 12.5. The summed E-state index contributed by atoms with van der Waals surface area (Å²) in [4.78, 5) is 14.7. The number of benzene rings is 2. The number of ether oxygens (including phenoxy) is 2. The maximum absolute atomic E-state index is 12.5. The number of aliphatic hydroxyl groups excluding tert-OH is 1. The van der Waals surface area contributed by atoms with Gasteiger partial charge >= 0.3 is 0 Å². The van der Waals surface area contributed by atoms with Gasteiger partial charge in [0.25, 0.3) is 5.91 Å². The quantitative estimate of drug-likeness (QED) is 0.893. The highest BCUT2D eigenvalue weighted by Gasteiger charge is 2.20. The van der Waals surface area contributed by atoms with Gasteiger partial charge in [-0.15, -0.1) is 0 Å². The first-order valence-corrected chi connectivity index (χ1v) is 8.38. The van der Waals surface area contributed by atoms with Crippen LogP contribution in [0.15, 0.2) is 42.5 Å². The lowest BCUT2D eigenvalue weighted by Gasteiger charge is -2.15. The zero-order valence-corrected chi connectivity index (χ0v) is 13.8. The zero-order chi connectivity index (χ0) is 17.2. The number of likely N-dealkylation sites (tertiary alicyclic amines) is 1. The first kappa shape index (κ1) is 15.9. The van der Waals surface area contributed by atoms with Crippen LogP contribution in [0.1, 0.15) is 22.3 Å². The number of rotatable bonds is 4. The lowest BCUT2D eigenvalue weighted by Crippen LogP contribution is -2.21. The highest BCUT2D eigenvalue weighted by molar-refractivity contribution is 6.04. The van der Waals surface area contributed by atoms with Crippen LogP contribution in [0.2, 0.25) is 0 Å². The molecule has 2 heterocycles. The van der Waals surface area contributed by atoms with Gasteiger partial charge < -0.3 is 19.9 Å². The van der Waals surface area contributed by atoms with Gasteiger partial charge in [0.2, 0.25) is 6.79 Å². The van der Waals surface area contributed by atoms with Gasteiger partial charge in [0.1, 0.15) is 0 Å². The van der Waals surface area contributed by atoms with Crippen molar-refractivity contribution >= 4 is 11.6 Å². The number of hydrogen-bond acceptors (Lipinski definition) is 5. The summed E-state index contributed by atoms with van der Waals surface area (Å²) >= 11 is 0. The van der Waals surface area contributed by atoms with Crippen molar-refractivity contribution in [3.05, 3.63) is 53.6 Å². The molecule has 0 aliphatic carbocycles. The van der Waals surface area contributed by atoms with Gasteiger partial charge in [0.15, 0.2) is 11.5 Å². The maximum atomic E-state index is 12.5. The second-order valence-corrected chi connectivity index (χ2v) is 6.40. The van der Waals surface area contributed by atoms with Crippen LogP contribution in [0.25, 0.3) is 0 Å². The van der Waals surface area contributed by atoms with Gasteiger partial charge in [0, 0.05) is 37.0 Å². The molecule has 2 N–H and O–H groups in total. The third-order valence-electron chi connectivity index (χ3n) is 4.47. The molecule has 0 saturated carbocycles. The lowest BCUT2D eigenvalue weighted by atomic mass is 10.1. The second-order valence-electron chi connectivity index (χ2n) is 6.40. The molecule has 1 fully saturated rings. The van der Waals surface area contributed by atoms with Crippen molar-refractivity contribution < 1.29 is 19.4 Å². The minimum Gasteiger partial charge on any atom is -0.454 e. The number of nitrogens with one attached hydrogen (secondary N) is 1. The van der Waals surface area contributed by atoms with Crippen LogP contribution in [-0.4, -0.2) is 41.9 Å². The number of hydrogen-bond donors (Lipinski definition) is 2. The van der Waals surface area contributed by atoms with E-state index in [-0.39, 0.29) is 18.8 Å². The van der Waals surface area contributed by atoms with Gasteiger partial charge in [-0.1, -0.05) is 12.1 Å². The van der Waals surface area contributed by atoms with Crippen LogP contribution in [0, 0.1) is 0 Å². The monoisotopic (exact) mass is 340 g/mol. The Kier molecular flexibility index (Phi) is 4.29. The van der Waals surface area contributed by atoms with Crippen molar-refractivity contribution in [2.75, 3.05) is 25.2 Å². The molecule has 1 amide bonds. The van der Waals surface area contributed by atoms with Crippen LogP contribution in [0.5, 0.6) is 11.5 Å². The predicted molar refractivity (Wildman–Crippen MR) is 92.9 cm³/mol. The Morgan fingerprint density at radius 3 is 2.92 bits per heavy atom. The number of aliphatic hydroxyl groups is 1. The maximum Gasteiger partial charge on any atom is 0.255 e. The summed E-state index contributed by atoms with van der Waals surface area (Å²) in [6, 6.07) is 12.9. The molecule has 6 nitrogen and oxygen atoms in total. The Balaban J connectivity index is 1.44. The highest BCUT2D eigenvalue weighted by atomic mass is 16.7. The Hall–Kier alpha value is -2.57. The van der Waals surface area contributed by atoms with E-state index >= 15 is 0 Å². The molecule has 2 aromatic rings. The third-order valence-corrected chi connectivity index (χ3v) is 4.47. The number of carbonyl (C=O) groups is 1. The molecule has 0 aromatic heterocycles. The Labute approximate surface area is 146 Å². The molecular weight excluding hydrogens is 320 g/mol. The van der Waals surface area contributed by atoms with Crippen LogP contribution >= 0.6 is 0 Å². The van der Waals surface area contributed by atoms with E-state index < -0.39 is 0 Å². The van der Waals surface area contributed by atoms with Crippen molar-refractivity contribution in [2.24, 2.45) is 0 Å². The van der Waals surface area contributed by atoms with Crippen molar-refractivity contribution in [3.63, 3.8) is 0 Å². The summed E-state index contributed by atoms with van der Waals surface area (Å²) in [6.45, 7) is 2.52. The average Bonchev–Trinajstić information content (AvgIpc) is 3.23. The van der Waals surface area contributed by atoms with E-state index in [2.05, 4.69) is 10.2 Å². The number of fused-ring (bicyclic) bond motifs is 1. The molecule has 2 aliphatic rings. The van der Waals surface area contributed by atoms with Gasteiger partial charge in [-0.3, -0.25) is 9.69 Å². The van der Waals surface area contributed by atoms with E-state index in [0.717, 1.165) is 25.1 Å². The Bertz CT molecular complexity index is 793. The first-order chi connectivity index (χ1) is 12.2. The summed E-state index contributed by atoms with van der Waals surface area (Å²) in [6.07, 6.45) is 0.571. The Morgan fingerprint density at radius 1 is 1.20 bits per heavy atom. The molecule has 1 saturated heterocycles. The first-order valence-electron chi connectivity index (χ1n) is 8.38. The SMILES string of the molecule is O=C(Nc1ccc2c(c1)OCO2)c1cccc(CN2CC[C@H](O)C2)c1. The summed E-state index contributed by atoms with van der Waals surface area (Å²) in [5.41, 5.74) is 2.34. The van der Waals surface area contributed by atoms with Crippen molar-refractivity contribution in [1.82, 2.24) is 4.90 Å². The molecule has 2 aromatic carbocycles. The summed E-state index contributed by atoms with van der Waals surface area (Å²) in [5.74, 6) is 1.16. The number of β-amino-alcohol motifs (C(OH)–C–C–N with tert-alkyl or cyclic N) is 1. The van der Waals surface area contributed by atoms with Crippen molar-refractivity contribution in [1.29, 1.82) is 0 Å². The fraction of sp³-hybridized carbons (Fsp3) is 0.316. The van der Waals surface area contributed by atoms with E-state index in [0.29, 0.717) is 29.3 Å². The van der Waals surface area contributed by atoms with E-state index in [1.807, 2.05) is 18.2 Å². The molecule has 6 heteroatoms. The fourth-order valence-electron chi connectivity index (χ4n) is 3.20. The highest BCUT2D eigenvalue weighted by Crippen LogP contribution is 2.34. The molecule has 0 spiro atoms. The van der Waals surface area contributed by atoms with E-state index in [1.54, 1.807) is 24.3 Å². The van der Waals surface area contributed by atoms with Crippen LogP contribution < -0.4 is 14.8 Å². The molecule has 4 rings (SSSR count). The van der Waals surface area contributed by atoms with Crippen LogP contribution in [0.3, 0.4) is 0 Å². The molecule has 0 unspecified atom stereocenters. The van der Waals surface area contributed by atoms with E-state index in [1.165, 1.54) is 0 Å².